The highest BCUT2D eigenvalue weighted by atomic mass is 16.6. The van der Waals surface area contributed by atoms with Crippen LogP contribution in [0.3, 0.4) is 0 Å². The Balaban J connectivity index is 2.16. The summed E-state index contributed by atoms with van der Waals surface area (Å²) in [7, 11) is 0. The maximum absolute atomic E-state index is 10.3. The van der Waals surface area contributed by atoms with Crippen LogP contribution in [0.1, 0.15) is 6.23 Å². The minimum absolute atomic E-state index is 0.0520. The fourth-order valence-corrected chi connectivity index (χ4v) is 2.57. The third-order valence-corrected chi connectivity index (χ3v) is 3.78. The SMILES string of the molecule is C#C[C@]1(CO)O[C@@H](n2cnc3c(O)nc(N)nc32)[C@H](C#N)[C@H]1O. The van der Waals surface area contributed by atoms with E-state index < -0.39 is 36.3 Å². The maximum atomic E-state index is 10.3. The van der Waals surface area contributed by atoms with E-state index in [4.69, 9.17) is 16.9 Å². The van der Waals surface area contributed by atoms with E-state index in [0.717, 1.165) is 0 Å². The predicted octanol–water partition coefficient (Wildman–Crippen LogP) is -1.49. The minimum Gasteiger partial charge on any atom is -0.492 e. The van der Waals surface area contributed by atoms with Crippen LogP contribution in [0.5, 0.6) is 5.88 Å². The summed E-state index contributed by atoms with van der Waals surface area (Å²) in [6.45, 7) is -0.672. The summed E-state index contributed by atoms with van der Waals surface area (Å²) >= 11 is 0. The summed E-state index contributed by atoms with van der Waals surface area (Å²) < 4.78 is 6.88. The van der Waals surface area contributed by atoms with E-state index in [1.165, 1.54) is 10.9 Å². The second-order valence-electron chi connectivity index (χ2n) is 5.03. The van der Waals surface area contributed by atoms with Crippen LogP contribution in [0.4, 0.5) is 5.95 Å². The predicted molar refractivity (Wildman–Crippen MR) is 75.3 cm³/mol. The number of aromatic hydroxyl groups is 1. The van der Waals surface area contributed by atoms with Gasteiger partial charge in [0.05, 0.1) is 19.0 Å². The molecule has 5 N–H and O–H groups in total. The first-order valence-electron chi connectivity index (χ1n) is 6.50. The van der Waals surface area contributed by atoms with Crippen molar-refractivity contribution in [2.24, 2.45) is 5.92 Å². The molecular weight excluding hydrogens is 304 g/mol. The first-order chi connectivity index (χ1) is 11.0. The molecule has 0 radical (unpaired) electrons. The van der Waals surface area contributed by atoms with E-state index in [2.05, 4.69) is 20.9 Å². The van der Waals surface area contributed by atoms with Crippen molar-refractivity contribution in [2.45, 2.75) is 17.9 Å². The van der Waals surface area contributed by atoms with Gasteiger partial charge in [0.15, 0.2) is 23.0 Å². The summed E-state index contributed by atoms with van der Waals surface area (Å²) in [6.07, 6.45) is 4.11. The van der Waals surface area contributed by atoms with Gasteiger partial charge < -0.3 is 25.8 Å². The van der Waals surface area contributed by atoms with E-state index >= 15 is 0 Å². The number of imidazole rings is 1. The van der Waals surface area contributed by atoms with Crippen LogP contribution in [0, 0.1) is 29.6 Å². The topological polar surface area (TPSA) is 163 Å². The molecule has 2 aromatic heterocycles. The van der Waals surface area contributed by atoms with E-state index in [9.17, 15) is 20.6 Å². The number of aliphatic hydroxyl groups is 2. The number of fused-ring (bicyclic) bond motifs is 1. The van der Waals surface area contributed by atoms with Gasteiger partial charge in [-0.1, -0.05) is 5.92 Å². The van der Waals surface area contributed by atoms with Crippen LogP contribution in [0.2, 0.25) is 0 Å². The molecule has 0 amide bonds. The van der Waals surface area contributed by atoms with Crippen LogP contribution in [0.25, 0.3) is 11.2 Å². The van der Waals surface area contributed by atoms with Gasteiger partial charge in [-0.15, -0.1) is 6.42 Å². The number of aromatic nitrogens is 4. The molecule has 0 unspecified atom stereocenters. The number of nitrogens with two attached hydrogens (primary N) is 1. The highest BCUT2D eigenvalue weighted by Gasteiger charge is 2.55. The second-order valence-corrected chi connectivity index (χ2v) is 5.03. The summed E-state index contributed by atoms with van der Waals surface area (Å²) in [5, 5.41) is 38.8. The molecule has 23 heavy (non-hydrogen) atoms. The molecule has 0 bridgehead atoms. The molecule has 10 heteroatoms. The molecule has 1 aliphatic rings. The average Bonchev–Trinajstić information content (AvgIpc) is 3.06. The number of rotatable bonds is 2. The molecular formula is C13H12N6O4. The molecule has 0 aromatic carbocycles. The van der Waals surface area contributed by atoms with Crippen molar-refractivity contribution < 1.29 is 20.1 Å². The number of aliphatic hydroxyl groups excluding tert-OH is 2. The van der Waals surface area contributed by atoms with Gasteiger partial charge in [-0.05, 0) is 0 Å². The summed E-state index contributed by atoms with van der Waals surface area (Å²) in [5.41, 5.74) is 3.94. The van der Waals surface area contributed by atoms with E-state index in [-0.39, 0.29) is 17.1 Å². The van der Waals surface area contributed by atoms with E-state index in [1.807, 2.05) is 6.07 Å². The lowest BCUT2D eigenvalue weighted by Gasteiger charge is -2.23. The summed E-state index contributed by atoms with van der Waals surface area (Å²) in [5.74, 6) is 0.474. The Morgan fingerprint density at radius 2 is 2.26 bits per heavy atom. The monoisotopic (exact) mass is 316 g/mol. The lowest BCUT2D eigenvalue weighted by molar-refractivity contribution is -0.0894. The zero-order chi connectivity index (χ0) is 16.8. The molecule has 0 spiro atoms. The Hall–Kier alpha value is -2.92. The maximum Gasteiger partial charge on any atom is 0.244 e. The van der Waals surface area contributed by atoms with E-state index in [1.54, 1.807) is 0 Å². The molecule has 1 aliphatic heterocycles. The Bertz CT molecular complexity index is 852. The zero-order valence-electron chi connectivity index (χ0n) is 11.7. The fraction of sp³-hybridized carbons (Fsp3) is 0.385. The molecule has 10 nitrogen and oxygen atoms in total. The van der Waals surface area contributed by atoms with Crippen molar-refractivity contribution in [1.82, 2.24) is 19.5 Å². The lowest BCUT2D eigenvalue weighted by atomic mass is 9.91. The molecule has 3 heterocycles. The average molecular weight is 316 g/mol. The smallest absolute Gasteiger partial charge is 0.244 e. The lowest BCUT2D eigenvalue weighted by Crippen LogP contribution is -2.43. The van der Waals surface area contributed by atoms with Crippen LogP contribution in [0.15, 0.2) is 6.33 Å². The number of nitrogens with zero attached hydrogens (tertiary/aromatic N) is 5. The van der Waals surface area contributed by atoms with Crippen LogP contribution in [-0.4, -0.2) is 53.2 Å². The van der Waals surface area contributed by atoms with Gasteiger partial charge in [0.2, 0.25) is 11.8 Å². The largest absolute Gasteiger partial charge is 0.492 e. The third-order valence-electron chi connectivity index (χ3n) is 3.78. The van der Waals surface area contributed by atoms with Crippen molar-refractivity contribution in [3.63, 3.8) is 0 Å². The minimum atomic E-state index is -1.72. The Labute approximate surface area is 129 Å². The van der Waals surface area contributed by atoms with Gasteiger partial charge in [-0.25, -0.2) is 4.98 Å². The molecule has 3 rings (SSSR count). The second kappa shape index (κ2) is 5.07. The van der Waals surface area contributed by atoms with Gasteiger partial charge >= 0.3 is 0 Å². The molecule has 0 aliphatic carbocycles. The van der Waals surface area contributed by atoms with Crippen LogP contribution in [-0.2, 0) is 4.74 Å². The quantitative estimate of drug-likeness (QED) is 0.483. The van der Waals surface area contributed by atoms with Gasteiger partial charge in [-0.2, -0.15) is 15.2 Å². The van der Waals surface area contributed by atoms with Crippen molar-refractivity contribution >= 4 is 17.1 Å². The first-order valence-corrected chi connectivity index (χ1v) is 6.50. The van der Waals surface area contributed by atoms with E-state index in [0.29, 0.717) is 0 Å². The highest BCUT2D eigenvalue weighted by Crippen LogP contribution is 2.42. The first kappa shape index (κ1) is 15.0. The standard InChI is InChI=1S/C13H12N6O4/c1-2-13(4-20)8(21)6(3-14)11(23-13)19-5-16-7-9(19)17-12(15)18-10(7)22/h1,5-6,8,11,20-21H,4H2,(H3,15,17,18,22)/t6-,8-,11-,13-/m1/s1. The van der Waals surface area contributed by atoms with Crippen molar-refractivity contribution in [1.29, 1.82) is 5.26 Å². The summed E-state index contributed by atoms with van der Waals surface area (Å²) in [6, 6.07) is 1.90. The Morgan fingerprint density at radius 3 is 2.87 bits per heavy atom. The summed E-state index contributed by atoms with van der Waals surface area (Å²) in [4.78, 5) is 11.5. The molecule has 4 atom stereocenters. The number of terminal acetylenes is 1. The molecule has 1 fully saturated rings. The van der Waals surface area contributed by atoms with Gasteiger partial charge in [0.1, 0.15) is 12.0 Å². The molecule has 1 saturated heterocycles. The zero-order valence-corrected chi connectivity index (χ0v) is 11.7. The third kappa shape index (κ3) is 1.98. The van der Waals surface area contributed by atoms with Crippen LogP contribution < -0.4 is 5.73 Å². The number of nitriles is 1. The van der Waals surface area contributed by atoms with Gasteiger partial charge in [0, 0.05) is 0 Å². The van der Waals surface area contributed by atoms with Gasteiger partial charge in [-0.3, -0.25) is 4.57 Å². The molecule has 2 aromatic rings. The van der Waals surface area contributed by atoms with Crippen molar-refractivity contribution in [2.75, 3.05) is 12.3 Å². The van der Waals surface area contributed by atoms with Crippen molar-refractivity contribution in [3.8, 4) is 24.3 Å². The number of hydrogen-bond donors (Lipinski definition) is 4. The van der Waals surface area contributed by atoms with Crippen molar-refractivity contribution in [3.05, 3.63) is 6.33 Å². The number of hydrogen-bond acceptors (Lipinski definition) is 9. The molecule has 0 saturated carbocycles. The fourth-order valence-electron chi connectivity index (χ4n) is 2.57. The number of anilines is 1. The number of ether oxygens (including phenoxy) is 1. The number of nitrogen functional groups attached to an aromatic ring is 1. The Kier molecular flexibility index (Phi) is 3.30. The highest BCUT2D eigenvalue weighted by molar-refractivity contribution is 5.77. The van der Waals surface area contributed by atoms with Gasteiger partial charge in [0.25, 0.3) is 0 Å². The molecule has 118 valence electrons. The van der Waals surface area contributed by atoms with Crippen LogP contribution >= 0.6 is 0 Å². The Morgan fingerprint density at radius 1 is 1.52 bits per heavy atom. The normalized spacial score (nSPS) is 30.2.